The van der Waals surface area contributed by atoms with Crippen molar-refractivity contribution in [1.82, 2.24) is 24.5 Å². The monoisotopic (exact) mass is 361 g/mol. The van der Waals surface area contributed by atoms with Crippen LogP contribution in [0, 0.1) is 13.8 Å². The lowest BCUT2D eigenvalue weighted by Crippen LogP contribution is -2.22. The third-order valence-electron chi connectivity index (χ3n) is 5.90. The highest BCUT2D eigenvalue weighted by atomic mass is 15.1. The summed E-state index contributed by atoms with van der Waals surface area (Å²) in [6, 6.07) is 2.09. The summed E-state index contributed by atoms with van der Waals surface area (Å²) in [5.41, 5.74) is 5.53. The molecular weight excluding hydrogens is 334 g/mol. The van der Waals surface area contributed by atoms with E-state index in [9.17, 15) is 0 Å². The topological polar surface area (TPSA) is 56.5 Å². The van der Waals surface area contributed by atoms with Crippen LogP contribution in [-0.4, -0.2) is 24.5 Å². The van der Waals surface area contributed by atoms with E-state index in [1.807, 2.05) is 19.3 Å². The van der Waals surface area contributed by atoms with Crippen molar-refractivity contribution in [2.75, 3.05) is 0 Å². The van der Waals surface area contributed by atoms with Gasteiger partial charge in [0.25, 0.3) is 0 Å². The van der Waals surface area contributed by atoms with Crippen molar-refractivity contribution in [2.24, 2.45) is 0 Å². The van der Waals surface area contributed by atoms with Crippen LogP contribution in [-0.2, 0) is 18.4 Å². The second-order valence-electron chi connectivity index (χ2n) is 7.62. The Balaban J connectivity index is 1.68. The molecule has 140 valence electrons. The van der Waals surface area contributed by atoms with Gasteiger partial charge in [-0.1, -0.05) is 26.0 Å². The quantitative estimate of drug-likeness (QED) is 0.630. The first-order chi connectivity index (χ1) is 13.1. The van der Waals surface area contributed by atoms with Crippen molar-refractivity contribution in [3.63, 3.8) is 0 Å². The fourth-order valence-electron chi connectivity index (χ4n) is 4.17. The van der Waals surface area contributed by atoms with Crippen molar-refractivity contribution >= 4 is 11.2 Å². The minimum atomic E-state index is 0.185. The van der Waals surface area contributed by atoms with Gasteiger partial charge >= 0.3 is 0 Å². The lowest BCUT2D eigenvalue weighted by Gasteiger charge is -2.27. The summed E-state index contributed by atoms with van der Waals surface area (Å²) >= 11 is 0. The van der Waals surface area contributed by atoms with E-state index in [0.29, 0.717) is 6.54 Å². The summed E-state index contributed by atoms with van der Waals surface area (Å²) in [7, 11) is 0. The zero-order chi connectivity index (χ0) is 19.0. The van der Waals surface area contributed by atoms with Crippen LogP contribution in [0.2, 0.25) is 0 Å². The summed E-state index contributed by atoms with van der Waals surface area (Å²) in [5.74, 6) is 1.84. The molecule has 0 radical (unpaired) electrons. The van der Waals surface area contributed by atoms with Crippen LogP contribution >= 0.6 is 0 Å². The first kappa shape index (κ1) is 17.8. The average Bonchev–Trinajstić information content (AvgIpc) is 3.29. The Hall–Kier alpha value is -2.56. The predicted octanol–water partition coefficient (Wildman–Crippen LogP) is 4.45. The molecule has 0 saturated carbocycles. The Bertz CT molecular complexity index is 990. The molecule has 0 unspecified atom stereocenters. The maximum Gasteiger partial charge on any atom is 0.160 e. The molecule has 0 saturated heterocycles. The molecule has 1 aliphatic rings. The zero-order valence-electron chi connectivity index (χ0n) is 16.7. The Kier molecular flexibility index (Phi) is 4.54. The van der Waals surface area contributed by atoms with Gasteiger partial charge in [0, 0.05) is 29.9 Å². The van der Waals surface area contributed by atoms with Crippen LogP contribution < -0.4 is 0 Å². The number of nitrogens with zero attached hydrogens (tertiary/aromatic N) is 5. The van der Waals surface area contributed by atoms with Crippen LogP contribution in [0.1, 0.15) is 61.6 Å². The Morgan fingerprint density at radius 2 is 1.74 bits per heavy atom. The van der Waals surface area contributed by atoms with Gasteiger partial charge in [0.2, 0.25) is 0 Å². The first-order valence-corrected chi connectivity index (χ1v) is 9.86. The number of rotatable bonds is 5. The molecule has 0 spiro atoms. The number of imidazole rings is 1. The van der Waals surface area contributed by atoms with Gasteiger partial charge in [0.1, 0.15) is 17.2 Å². The fraction of sp³-hybridized carbons (Fsp3) is 0.455. The van der Waals surface area contributed by atoms with Crippen molar-refractivity contribution in [2.45, 2.75) is 65.3 Å². The SMILES string of the molecule is CCc1nc2c(C)cc(C)nc2n1Cc1ncc(C2(CC)CC=CC2)cn1. The summed E-state index contributed by atoms with van der Waals surface area (Å²) in [4.78, 5) is 19.0. The van der Waals surface area contributed by atoms with Gasteiger partial charge in [-0.05, 0) is 50.3 Å². The molecule has 3 aromatic heterocycles. The molecule has 27 heavy (non-hydrogen) atoms. The maximum atomic E-state index is 4.81. The molecule has 0 fully saturated rings. The minimum absolute atomic E-state index is 0.185. The molecule has 5 nitrogen and oxygen atoms in total. The highest BCUT2D eigenvalue weighted by Crippen LogP contribution is 2.39. The van der Waals surface area contributed by atoms with Crippen molar-refractivity contribution in [3.8, 4) is 0 Å². The van der Waals surface area contributed by atoms with Gasteiger partial charge in [-0.2, -0.15) is 0 Å². The number of hydrogen-bond donors (Lipinski definition) is 0. The molecule has 0 atom stereocenters. The van der Waals surface area contributed by atoms with Gasteiger partial charge in [-0.25, -0.2) is 19.9 Å². The zero-order valence-corrected chi connectivity index (χ0v) is 16.7. The molecule has 4 rings (SSSR count). The van der Waals surface area contributed by atoms with E-state index in [-0.39, 0.29) is 5.41 Å². The molecule has 0 bridgehead atoms. The van der Waals surface area contributed by atoms with E-state index in [0.717, 1.165) is 54.2 Å². The molecule has 0 amide bonds. The van der Waals surface area contributed by atoms with Crippen molar-refractivity contribution in [3.05, 3.63) is 59.1 Å². The molecule has 0 N–H and O–H groups in total. The van der Waals surface area contributed by atoms with E-state index in [1.54, 1.807) is 0 Å². The first-order valence-electron chi connectivity index (χ1n) is 9.86. The molecule has 3 heterocycles. The number of allylic oxidation sites excluding steroid dienone is 2. The summed E-state index contributed by atoms with van der Waals surface area (Å²) < 4.78 is 2.16. The highest BCUT2D eigenvalue weighted by Gasteiger charge is 2.31. The van der Waals surface area contributed by atoms with E-state index in [1.165, 1.54) is 11.1 Å². The van der Waals surface area contributed by atoms with Crippen LogP contribution in [0.5, 0.6) is 0 Å². The standard InChI is InChI=1S/C22H27N5/c1-5-19-26-20-15(3)11-16(4)25-21(20)27(19)14-18-23-12-17(13-24-18)22(6-2)9-7-8-10-22/h7-8,11-13H,5-6,9-10,14H2,1-4H3. The van der Waals surface area contributed by atoms with E-state index in [4.69, 9.17) is 19.9 Å². The lowest BCUT2D eigenvalue weighted by atomic mass is 9.77. The third-order valence-corrected chi connectivity index (χ3v) is 5.90. The van der Waals surface area contributed by atoms with Gasteiger partial charge in [-0.15, -0.1) is 0 Å². The van der Waals surface area contributed by atoms with Gasteiger partial charge in [-0.3, -0.25) is 0 Å². The maximum absolute atomic E-state index is 4.81. The Morgan fingerprint density at radius 1 is 1.04 bits per heavy atom. The fourth-order valence-corrected chi connectivity index (χ4v) is 4.17. The largest absolute Gasteiger partial charge is 0.305 e. The third kappa shape index (κ3) is 3.05. The number of aromatic nitrogens is 5. The van der Waals surface area contributed by atoms with Crippen LogP contribution in [0.3, 0.4) is 0 Å². The molecule has 0 aliphatic heterocycles. The van der Waals surface area contributed by atoms with E-state index >= 15 is 0 Å². The Labute approximate surface area is 160 Å². The van der Waals surface area contributed by atoms with Crippen LogP contribution in [0.15, 0.2) is 30.6 Å². The molecule has 5 heteroatoms. The predicted molar refractivity (Wildman–Crippen MR) is 108 cm³/mol. The van der Waals surface area contributed by atoms with Crippen LogP contribution in [0.25, 0.3) is 11.2 Å². The van der Waals surface area contributed by atoms with Crippen molar-refractivity contribution in [1.29, 1.82) is 0 Å². The van der Waals surface area contributed by atoms with Gasteiger partial charge in [0.05, 0.1) is 6.54 Å². The second kappa shape index (κ2) is 6.87. The number of fused-ring (bicyclic) bond motifs is 1. The normalized spacial score (nSPS) is 15.7. The molecule has 3 aromatic rings. The van der Waals surface area contributed by atoms with E-state index < -0.39 is 0 Å². The number of hydrogen-bond acceptors (Lipinski definition) is 4. The molecule has 0 aromatic carbocycles. The summed E-state index contributed by atoms with van der Waals surface area (Å²) in [6.07, 6.45) is 12.7. The van der Waals surface area contributed by atoms with Crippen LogP contribution in [0.4, 0.5) is 0 Å². The average molecular weight is 361 g/mol. The summed E-state index contributed by atoms with van der Waals surface area (Å²) in [6.45, 7) is 9.11. The van der Waals surface area contributed by atoms with E-state index in [2.05, 4.69) is 43.6 Å². The number of pyridine rings is 1. The second-order valence-corrected chi connectivity index (χ2v) is 7.62. The van der Waals surface area contributed by atoms with Gasteiger partial charge in [0.15, 0.2) is 5.65 Å². The highest BCUT2D eigenvalue weighted by molar-refractivity contribution is 5.76. The molecule has 1 aliphatic carbocycles. The smallest absolute Gasteiger partial charge is 0.160 e. The van der Waals surface area contributed by atoms with Gasteiger partial charge < -0.3 is 4.57 Å². The lowest BCUT2D eigenvalue weighted by molar-refractivity contribution is 0.437. The Morgan fingerprint density at radius 3 is 2.37 bits per heavy atom. The summed E-state index contributed by atoms with van der Waals surface area (Å²) in [5, 5.41) is 0. The molecular formula is C22H27N5. The van der Waals surface area contributed by atoms with Crippen molar-refractivity contribution < 1.29 is 0 Å². The number of aryl methyl sites for hydroxylation is 3. The minimum Gasteiger partial charge on any atom is -0.305 e.